The molecular formula is C16H17F3NNaO4. The predicted molar refractivity (Wildman–Crippen MR) is 80.3 cm³/mol. The molecule has 0 atom stereocenters. The molecule has 132 valence electrons. The van der Waals surface area contributed by atoms with Crippen LogP contribution in [0.1, 0.15) is 33.6 Å². The molecule has 0 spiro atoms. The van der Waals surface area contributed by atoms with E-state index in [1.54, 1.807) is 6.92 Å². The molecule has 1 aromatic rings. The van der Waals surface area contributed by atoms with Crippen molar-refractivity contribution in [1.29, 1.82) is 0 Å². The van der Waals surface area contributed by atoms with Gasteiger partial charge in [0, 0.05) is 5.75 Å². The average molecular weight is 367 g/mol. The average Bonchev–Trinajstić information content (AvgIpc) is 2.48. The third-order valence-corrected chi connectivity index (χ3v) is 3.15. The number of halogens is 3. The van der Waals surface area contributed by atoms with Crippen LogP contribution in [0.4, 0.5) is 18.9 Å². The van der Waals surface area contributed by atoms with Crippen LogP contribution in [0, 0.1) is 27.6 Å². The van der Waals surface area contributed by atoms with Gasteiger partial charge in [-0.2, -0.15) is 8.78 Å². The zero-order valence-corrected chi connectivity index (χ0v) is 16.5. The summed E-state index contributed by atoms with van der Waals surface area (Å²) >= 11 is 0. The minimum absolute atomic E-state index is 0. The third kappa shape index (κ3) is 6.37. The van der Waals surface area contributed by atoms with E-state index in [-0.39, 0.29) is 36.2 Å². The maximum absolute atomic E-state index is 13.7. The van der Waals surface area contributed by atoms with E-state index < -0.39 is 39.6 Å². The molecule has 0 saturated carbocycles. The Kier molecular flexibility index (Phi) is 9.84. The molecule has 0 aromatic heterocycles. The first kappa shape index (κ1) is 23.5. The summed E-state index contributed by atoms with van der Waals surface area (Å²) in [5.41, 5.74) is 0.261. The summed E-state index contributed by atoms with van der Waals surface area (Å²) in [6.45, 7) is 5.39. The van der Waals surface area contributed by atoms with Gasteiger partial charge in [0.2, 0.25) is 11.6 Å². The zero-order valence-electron chi connectivity index (χ0n) is 14.5. The van der Waals surface area contributed by atoms with E-state index in [1.807, 2.05) is 19.9 Å². The van der Waals surface area contributed by atoms with E-state index in [4.69, 9.17) is 4.74 Å². The molecule has 1 rings (SSSR count). The number of hydrogen-bond acceptors (Lipinski definition) is 4. The molecule has 0 aliphatic carbocycles. The number of nitro groups is 1. The van der Waals surface area contributed by atoms with Crippen molar-refractivity contribution in [3.8, 4) is 11.5 Å². The van der Waals surface area contributed by atoms with Gasteiger partial charge in [-0.25, -0.2) is 4.39 Å². The fraction of sp³-hybridized carbons (Fsp3) is 0.375. The van der Waals surface area contributed by atoms with Crippen LogP contribution in [0.5, 0.6) is 11.5 Å². The van der Waals surface area contributed by atoms with Gasteiger partial charge in [-0.15, -0.1) is 0 Å². The summed E-state index contributed by atoms with van der Waals surface area (Å²) in [6, 6.07) is 0. The summed E-state index contributed by atoms with van der Waals surface area (Å²) in [5, 5.41) is 21.9. The Balaban J connectivity index is 0.00000576. The van der Waals surface area contributed by atoms with Gasteiger partial charge in [-0.05, 0) is 39.7 Å². The summed E-state index contributed by atoms with van der Waals surface area (Å²) in [4.78, 5) is 9.02. The smallest absolute Gasteiger partial charge is 0.866 e. The van der Waals surface area contributed by atoms with Gasteiger partial charge < -0.3 is 9.84 Å². The number of nitrogens with zero attached hydrogens (tertiary/aromatic N) is 1. The molecular weight excluding hydrogens is 350 g/mol. The quantitative estimate of drug-likeness (QED) is 0.238. The minimum atomic E-state index is -2.04. The molecule has 0 bridgehead atoms. The molecule has 0 aliphatic heterocycles. The van der Waals surface area contributed by atoms with Crippen molar-refractivity contribution < 1.29 is 57.5 Å². The molecule has 0 N–H and O–H groups in total. The number of rotatable bonds is 7. The summed E-state index contributed by atoms with van der Waals surface area (Å²) in [5.74, 6) is -8.86. The summed E-state index contributed by atoms with van der Waals surface area (Å²) in [6.07, 6.45) is 5.03. The van der Waals surface area contributed by atoms with Crippen molar-refractivity contribution in [2.24, 2.45) is 0 Å². The van der Waals surface area contributed by atoms with E-state index in [0.29, 0.717) is 6.42 Å². The number of hydrogen-bond donors (Lipinski definition) is 0. The Bertz CT molecular complexity index is 672. The SMILES string of the molecule is CC(C)=CCC/C(C)=C/COc1c(F)c([O-])c([N+](=O)[O-])c(F)c1F.[Na+]. The monoisotopic (exact) mass is 367 g/mol. The van der Waals surface area contributed by atoms with Crippen molar-refractivity contribution in [3.63, 3.8) is 0 Å². The topological polar surface area (TPSA) is 75.4 Å². The Morgan fingerprint density at radius 2 is 1.72 bits per heavy atom. The third-order valence-electron chi connectivity index (χ3n) is 3.15. The van der Waals surface area contributed by atoms with Crippen LogP contribution in [-0.2, 0) is 0 Å². The van der Waals surface area contributed by atoms with Crippen LogP contribution >= 0.6 is 0 Å². The van der Waals surface area contributed by atoms with Crippen LogP contribution in [0.2, 0.25) is 0 Å². The largest absolute Gasteiger partial charge is 1.00 e. The molecule has 5 nitrogen and oxygen atoms in total. The predicted octanol–water partition coefficient (Wildman–Crippen LogP) is 1.16. The molecule has 0 unspecified atom stereocenters. The van der Waals surface area contributed by atoms with Crippen LogP contribution in [0.25, 0.3) is 0 Å². The van der Waals surface area contributed by atoms with Gasteiger partial charge in [0.25, 0.3) is 0 Å². The maximum atomic E-state index is 13.7. The van der Waals surface area contributed by atoms with E-state index in [9.17, 15) is 28.4 Å². The van der Waals surface area contributed by atoms with Crippen molar-refractivity contribution in [1.82, 2.24) is 0 Å². The Morgan fingerprint density at radius 1 is 1.12 bits per heavy atom. The molecule has 0 heterocycles. The second kappa shape index (κ2) is 10.5. The van der Waals surface area contributed by atoms with Gasteiger partial charge in [-0.3, -0.25) is 10.1 Å². The number of benzene rings is 1. The van der Waals surface area contributed by atoms with Gasteiger partial charge in [0.1, 0.15) is 6.61 Å². The summed E-state index contributed by atoms with van der Waals surface area (Å²) in [7, 11) is 0. The Morgan fingerprint density at radius 3 is 2.24 bits per heavy atom. The standard InChI is InChI=1S/C16H18F3NO4.Na/c1-9(2)5-4-6-10(3)7-8-24-16-12(18)11(17)14(20(22)23)15(21)13(16)19;/h5,7,21H,4,6,8H2,1-3H3;/q;+1/p-1/b10-7+;. The van der Waals surface area contributed by atoms with Crippen molar-refractivity contribution in [2.75, 3.05) is 6.61 Å². The molecule has 0 amide bonds. The minimum Gasteiger partial charge on any atom is -0.866 e. The van der Waals surface area contributed by atoms with Crippen LogP contribution in [0.3, 0.4) is 0 Å². The van der Waals surface area contributed by atoms with E-state index in [0.717, 1.165) is 17.6 Å². The number of allylic oxidation sites excluding steroid dienone is 3. The molecule has 0 aliphatic rings. The van der Waals surface area contributed by atoms with E-state index in [2.05, 4.69) is 0 Å². The first-order valence-corrected chi connectivity index (χ1v) is 7.10. The first-order chi connectivity index (χ1) is 11.2. The normalized spacial score (nSPS) is 10.9. The van der Waals surface area contributed by atoms with Crippen LogP contribution in [-0.4, -0.2) is 11.5 Å². The Hall–Kier alpha value is -1.51. The number of nitro benzene ring substituents is 1. The maximum Gasteiger partial charge on any atom is 1.00 e. The van der Waals surface area contributed by atoms with Gasteiger partial charge in [0.15, 0.2) is 11.6 Å². The number of ether oxygens (including phenoxy) is 1. The van der Waals surface area contributed by atoms with Gasteiger partial charge in [0.05, 0.1) is 4.92 Å². The molecule has 9 heteroatoms. The van der Waals surface area contributed by atoms with Crippen LogP contribution < -0.4 is 39.4 Å². The molecule has 0 saturated heterocycles. The van der Waals surface area contributed by atoms with E-state index in [1.165, 1.54) is 6.08 Å². The van der Waals surface area contributed by atoms with Crippen LogP contribution in [0.15, 0.2) is 23.3 Å². The fourth-order valence-corrected chi connectivity index (χ4v) is 1.85. The van der Waals surface area contributed by atoms with Gasteiger partial charge >= 0.3 is 35.2 Å². The molecule has 0 fully saturated rings. The van der Waals surface area contributed by atoms with Crippen molar-refractivity contribution in [3.05, 3.63) is 50.9 Å². The second-order valence-corrected chi connectivity index (χ2v) is 5.39. The zero-order chi connectivity index (χ0) is 18.4. The molecule has 1 aromatic carbocycles. The molecule has 25 heavy (non-hydrogen) atoms. The Labute approximate surface area is 165 Å². The van der Waals surface area contributed by atoms with Crippen molar-refractivity contribution in [2.45, 2.75) is 33.6 Å². The van der Waals surface area contributed by atoms with Crippen molar-refractivity contribution >= 4 is 5.69 Å². The second-order valence-electron chi connectivity index (χ2n) is 5.39. The summed E-state index contributed by atoms with van der Waals surface area (Å²) < 4.78 is 45.6. The molecule has 0 radical (unpaired) electrons. The first-order valence-electron chi connectivity index (χ1n) is 7.10. The fourth-order valence-electron chi connectivity index (χ4n) is 1.85. The van der Waals surface area contributed by atoms with E-state index >= 15 is 0 Å². The van der Waals surface area contributed by atoms with Gasteiger partial charge in [-0.1, -0.05) is 17.2 Å².